The van der Waals surface area contributed by atoms with Crippen molar-refractivity contribution in [2.75, 3.05) is 0 Å². The molecule has 4 nitrogen and oxygen atoms in total. The maximum atomic E-state index is 12.6. The van der Waals surface area contributed by atoms with E-state index >= 15 is 0 Å². The van der Waals surface area contributed by atoms with Crippen LogP contribution in [0.3, 0.4) is 0 Å². The van der Waals surface area contributed by atoms with Crippen LogP contribution in [0.2, 0.25) is 0 Å². The van der Waals surface area contributed by atoms with Crippen LogP contribution < -0.4 is 5.32 Å². The molecule has 5 atom stereocenters. The molecule has 5 unspecified atom stereocenters. The van der Waals surface area contributed by atoms with Crippen molar-refractivity contribution < 1.29 is 4.79 Å². The molecule has 2 heterocycles. The van der Waals surface area contributed by atoms with Crippen molar-refractivity contribution in [2.45, 2.75) is 55.8 Å². The molecule has 4 rings (SSSR count). The van der Waals surface area contributed by atoms with Crippen LogP contribution in [0.4, 0.5) is 0 Å². The molecule has 0 spiro atoms. The van der Waals surface area contributed by atoms with Crippen molar-refractivity contribution in [1.29, 1.82) is 0 Å². The molecule has 2 aliphatic carbocycles. The van der Waals surface area contributed by atoms with Crippen LogP contribution in [-0.2, 0) is 4.79 Å². The third-order valence-electron chi connectivity index (χ3n) is 5.67. The highest BCUT2D eigenvalue weighted by molar-refractivity contribution is 8.00. The Morgan fingerprint density at radius 2 is 2.21 bits per heavy atom. The van der Waals surface area contributed by atoms with Gasteiger partial charge in [-0.15, -0.1) is 11.3 Å². The lowest BCUT2D eigenvalue weighted by Gasteiger charge is -2.29. The summed E-state index contributed by atoms with van der Waals surface area (Å²) in [5.74, 6) is 2.55. The molecule has 2 bridgehead atoms. The van der Waals surface area contributed by atoms with Crippen molar-refractivity contribution in [3.05, 3.63) is 17.8 Å². The summed E-state index contributed by atoms with van der Waals surface area (Å²) in [6, 6.07) is 2.27. The second kappa shape index (κ2) is 6.64. The van der Waals surface area contributed by atoms with Gasteiger partial charge in [-0.05, 0) is 62.3 Å². The standard InChI is InChI=1S/C18H23N3OS2/c1-10(14-8-12-3-4-13(14)7-12)21-17(22)11(2)24-18-16-15(5-6-23-16)19-9-20-18/h5-6,9-14H,3-4,7-8H2,1-2H3,(H,21,22). The molecule has 2 saturated carbocycles. The summed E-state index contributed by atoms with van der Waals surface area (Å²) >= 11 is 3.17. The van der Waals surface area contributed by atoms with Gasteiger partial charge in [0.15, 0.2) is 0 Å². The predicted molar refractivity (Wildman–Crippen MR) is 99.3 cm³/mol. The van der Waals surface area contributed by atoms with Crippen LogP contribution in [0.1, 0.15) is 39.5 Å². The summed E-state index contributed by atoms with van der Waals surface area (Å²) in [6.45, 7) is 4.15. The zero-order chi connectivity index (χ0) is 16.7. The molecule has 0 aliphatic heterocycles. The summed E-state index contributed by atoms with van der Waals surface area (Å²) in [7, 11) is 0. The Morgan fingerprint density at radius 3 is 2.96 bits per heavy atom. The maximum absolute atomic E-state index is 12.6. The molecule has 1 amide bonds. The minimum absolute atomic E-state index is 0.124. The minimum Gasteiger partial charge on any atom is -0.352 e. The summed E-state index contributed by atoms with van der Waals surface area (Å²) in [5.41, 5.74) is 0.959. The smallest absolute Gasteiger partial charge is 0.233 e. The van der Waals surface area contributed by atoms with E-state index in [2.05, 4.69) is 22.2 Å². The van der Waals surface area contributed by atoms with E-state index in [1.54, 1.807) is 17.7 Å². The van der Waals surface area contributed by atoms with Gasteiger partial charge in [-0.1, -0.05) is 18.2 Å². The van der Waals surface area contributed by atoms with Crippen molar-refractivity contribution in [1.82, 2.24) is 15.3 Å². The third kappa shape index (κ3) is 3.06. The van der Waals surface area contributed by atoms with Crippen LogP contribution in [0.15, 0.2) is 22.8 Å². The fourth-order valence-corrected chi connectivity index (χ4v) is 6.27. The van der Waals surface area contributed by atoms with E-state index in [0.717, 1.165) is 27.1 Å². The number of amides is 1. The van der Waals surface area contributed by atoms with E-state index in [1.165, 1.54) is 37.4 Å². The van der Waals surface area contributed by atoms with E-state index < -0.39 is 0 Å². The first kappa shape index (κ1) is 16.3. The van der Waals surface area contributed by atoms with Crippen molar-refractivity contribution in [2.24, 2.45) is 17.8 Å². The maximum Gasteiger partial charge on any atom is 0.233 e. The van der Waals surface area contributed by atoms with Crippen molar-refractivity contribution in [3.63, 3.8) is 0 Å². The summed E-state index contributed by atoms with van der Waals surface area (Å²) < 4.78 is 1.07. The van der Waals surface area contributed by atoms with Gasteiger partial charge in [0.25, 0.3) is 0 Å². The molecule has 6 heteroatoms. The van der Waals surface area contributed by atoms with Crippen LogP contribution in [-0.4, -0.2) is 27.2 Å². The number of nitrogens with zero attached hydrogens (tertiary/aromatic N) is 2. The highest BCUT2D eigenvalue weighted by Crippen LogP contribution is 2.49. The van der Waals surface area contributed by atoms with E-state index in [1.807, 2.05) is 18.4 Å². The Labute approximate surface area is 150 Å². The fraction of sp³-hybridized carbons (Fsp3) is 0.611. The average molecular weight is 362 g/mol. The summed E-state index contributed by atoms with van der Waals surface area (Å²) in [6.07, 6.45) is 7.03. The Hall–Kier alpha value is -1.14. The Kier molecular flexibility index (Phi) is 4.52. The first-order chi connectivity index (χ1) is 11.6. The second-order valence-electron chi connectivity index (χ2n) is 7.21. The fourth-order valence-electron chi connectivity index (χ4n) is 4.43. The Morgan fingerprint density at radius 1 is 1.33 bits per heavy atom. The van der Waals surface area contributed by atoms with Gasteiger partial charge in [0, 0.05) is 6.04 Å². The number of hydrogen-bond acceptors (Lipinski definition) is 5. The van der Waals surface area contributed by atoms with Gasteiger partial charge in [0.1, 0.15) is 11.4 Å². The molecule has 2 aromatic rings. The predicted octanol–water partition coefficient (Wildman–Crippen LogP) is 4.11. The van der Waals surface area contributed by atoms with Crippen LogP contribution >= 0.6 is 23.1 Å². The number of hydrogen-bond donors (Lipinski definition) is 1. The van der Waals surface area contributed by atoms with Crippen LogP contribution in [0.5, 0.6) is 0 Å². The monoisotopic (exact) mass is 361 g/mol. The third-order valence-corrected chi connectivity index (χ3v) is 7.81. The number of carbonyl (C=O) groups is 1. The van der Waals surface area contributed by atoms with E-state index in [9.17, 15) is 4.79 Å². The lowest BCUT2D eigenvalue weighted by molar-refractivity contribution is -0.121. The molecular weight excluding hydrogens is 338 g/mol. The molecule has 1 N–H and O–H groups in total. The van der Waals surface area contributed by atoms with E-state index in [4.69, 9.17) is 0 Å². The lowest BCUT2D eigenvalue weighted by Crippen LogP contribution is -2.43. The zero-order valence-corrected chi connectivity index (χ0v) is 15.7. The number of carbonyl (C=O) groups excluding carboxylic acids is 1. The molecule has 0 radical (unpaired) electrons. The molecule has 2 aliphatic rings. The summed E-state index contributed by atoms with van der Waals surface area (Å²) in [5, 5.41) is 6.05. The first-order valence-corrected chi connectivity index (χ1v) is 10.5. The Bertz CT molecular complexity index is 747. The SMILES string of the molecule is CC(Sc1ncnc2ccsc12)C(=O)NC(C)C1CC2CCC1C2. The number of thioether (sulfide) groups is 1. The van der Waals surface area contributed by atoms with Gasteiger partial charge in [0.2, 0.25) is 5.91 Å². The van der Waals surface area contributed by atoms with Gasteiger partial charge in [-0.2, -0.15) is 0 Å². The van der Waals surface area contributed by atoms with Crippen LogP contribution in [0, 0.1) is 17.8 Å². The molecule has 2 fully saturated rings. The summed E-state index contributed by atoms with van der Waals surface area (Å²) in [4.78, 5) is 21.3. The van der Waals surface area contributed by atoms with Gasteiger partial charge in [-0.3, -0.25) is 4.79 Å². The lowest BCUT2D eigenvalue weighted by atomic mass is 9.84. The zero-order valence-electron chi connectivity index (χ0n) is 14.1. The number of thiophene rings is 1. The number of fused-ring (bicyclic) bond motifs is 3. The van der Waals surface area contributed by atoms with Gasteiger partial charge in [-0.25, -0.2) is 9.97 Å². The quantitative estimate of drug-likeness (QED) is 0.643. The Balaban J connectivity index is 1.38. The van der Waals surface area contributed by atoms with Crippen molar-refractivity contribution >= 4 is 39.2 Å². The first-order valence-electron chi connectivity index (χ1n) is 8.77. The largest absolute Gasteiger partial charge is 0.352 e. The van der Waals surface area contributed by atoms with Gasteiger partial charge in [0.05, 0.1) is 15.5 Å². The average Bonchev–Trinajstić information content (AvgIpc) is 3.30. The van der Waals surface area contributed by atoms with E-state index in [0.29, 0.717) is 5.92 Å². The number of aromatic nitrogens is 2. The highest BCUT2D eigenvalue weighted by Gasteiger charge is 2.42. The highest BCUT2D eigenvalue weighted by atomic mass is 32.2. The molecule has 0 saturated heterocycles. The van der Waals surface area contributed by atoms with Crippen LogP contribution in [0.25, 0.3) is 10.2 Å². The molecule has 2 aromatic heterocycles. The molecule has 0 aromatic carbocycles. The molecule has 128 valence electrons. The normalized spacial score (nSPS) is 28.2. The van der Waals surface area contributed by atoms with Gasteiger partial charge < -0.3 is 5.32 Å². The van der Waals surface area contributed by atoms with E-state index in [-0.39, 0.29) is 17.2 Å². The number of nitrogens with one attached hydrogen (secondary N) is 1. The van der Waals surface area contributed by atoms with Gasteiger partial charge >= 0.3 is 0 Å². The molecular formula is C18H23N3OS2. The van der Waals surface area contributed by atoms with Crippen molar-refractivity contribution in [3.8, 4) is 0 Å². The minimum atomic E-state index is -0.147. The number of rotatable bonds is 5. The topological polar surface area (TPSA) is 54.9 Å². The second-order valence-corrected chi connectivity index (χ2v) is 9.46. The molecule has 24 heavy (non-hydrogen) atoms.